The van der Waals surface area contributed by atoms with Gasteiger partial charge in [-0.3, -0.25) is 4.48 Å². The van der Waals surface area contributed by atoms with E-state index < -0.39 is 7.32 Å². The average Bonchev–Trinajstić information content (AvgIpc) is 2.91. The van der Waals surface area contributed by atoms with Crippen molar-refractivity contribution in [1.82, 2.24) is 4.48 Å². The molecule has 0 saturated carbocycles. The van der Waals surface area contributed by atoms with Gasteiger partial charge >= 0.3 is 7.32 Å². The highest BCUT2D eigenvalue weighted by molar-refractivity contribution is 6.39. The molecule has 0 saturated heterocycles. The molecular weight excluding hydrogens is 437 g/mol. The van der Waals surface area contributed by atoms with Gasteiger partial charge in [-0.2, -0.15) is 36.4 Å². The number of nitrogens with zero attached hydrogens (tertiary/aromatic N) is 1. The molecule has 0 amide bonds. The second-order valence-electron chi connectivity index (χ2n) is 8.38. The van der Waals surface area contributed by atoms with Crippen molar-refractivity contribution in [2.24, 2.45) is 0 Å². The molecule has 1 atom stereocenters. The Hall–Kier alpha value is -3.74. The third kappa shape index (κ3) is 7.92. The Morgan fingerprint density at radius 3 is 1.66 bits per heavy atom. The van der Waals surface area contributed by atoms with Crippen LogP contribution >= 0.6 is 0 Å². The van der Waals surface area contributed by atoms with Crippen LogP contribution in [0.5, 0.6) is 17.2 Å². The van der Waals surface area contributed by atoms with E-state index in [1.807, 2.05) is 136 Å². The van der Waals surface area contributed by atoms with Crippen molar-refractivity contribution in [2.75, 3.05) is 20.7 Å². The van der Waals surface area contributed by atoms with E-state index >= 15 is 0 Å². The van der Waals surface area contributed by atoms with Crippen LogP contribution in [0.4, 0.5) is 5.69 Å². The lowest BCUT2D eigenvalue weighted by Crippen LogP contribution is -2.50. The van der Waals surface area contributed by atoms with E-state index in [1.54, 1.807) is 0 Å². The maximum atomic E-state index is 9.69. The molecule has 0 aliphatic rings. The van der Waals surface area contributed by atoms with Gasteiger partial charge in [0.1, 0.15) is 17.5 Å². The van der Waals surface area contributed by atoms with E-state index in [-0.39, 0.29) is 12.6 Å². The van der Waals surface area contributed by atoms with Crippen molar-refractivity contribution in [3.05, 3.63) is 121 Å². The fourth-order valence-corrected chi connectivity index (χ4v) is 3.21. The van der Waals surface area contributed by atoms with Crippen molar-refractivity contribution in [3.8, 4) is 17.2 Å². The first-order chi connectivity index (χ1) is 17.0. The van der Waals surface area contributed by atoms with E-state index in [4.69, 9.17) is 14.0 Å². The lowest BCUT2D eigenvalue weighted by Gasteiger charge is -2.35. The lowest BCUT2D eigenvalue weighted by molar-refractivity contribution is 0.180. The molecule has 5 nitrogen and oxygen atoms in total. The fourth-order valence-electron chi connectivity index (χ4n) is 3.21. The number of aliphatic hydroxyl groups excluding tert-OH is 1. The van der Waals surface area contributed by atoms with Crippen LogP contribution in [0.3, 0.4) is 0 Å². The van der Waals surface area contributed by atoms with Gasteiger partial charge in [0.15, 0.2) is 11.4 Å². The van der Waals surface area contributed by atoms with Crippen LogP contribution < -0.4 is 18.4 Å². The molecule has 1 N–H and O–H groups in total. The molecule has 4 aromatic carbocycles. The maximum absolute atomic E-state index is 9.69. The van der Waals surface area contributed by atoms with Gasteiger partial charge in [0.25, 0.3) is 0 Å². The Kier molecular flexibility index (Phi) is 9.78. The molecule has 6 heteroatoms. The summed E-state index contributed by atoms with van der Waals surface area (Å²) in [7, 11) is 3.09. The number of aliphatic hydroxyl groups is 1. The molecule has 4 rings (SSSR count). The first-order valence-corrected chi connectivity index (χ1v) is 11.6. The highest BCUT2D eigenvalue weighted by Gasteiger charge is 2.35. The number of hydrogen-bond acceptors (Lipinski definition) is 4. The van der Waals surface area contributed by atoms with Crippen LogP contribution in [0.2, 0.25) is 0 Å². The van der Waals surface area contributed by atoms with E-state index in [0.717, 1.165) is 5.69 Å². The summed E-state index contributed by atoms with van der Waals surface area (Å²) >= 11 is 0. The third-order valence-corrected chi connectivity index (χ3v) is 5.63. The Morgan fingerprint density at radius 1 is 0.714 bits per heavy atom. The number of hydrogen-bond donors (Lipinski definition) is 1. The number of para-hydroxylation sites is 4. The van der Waals surface area contributed by atoms with Gasteiger partial charge in [-0.15, -0.1) is 0 Å². The van der Waals surface area contributed by atoms with E-state index in [2.05, 4.69) is 6.07 Å². The summed E-state index contributed by atoms with van der Waals surface area (Å²) in [6.07, 6.45) is 0. The first-order valence-electron chi connectivity index (χ1n) is 11.6. The largest absolute Gasteiger partial charge is 0.864 e. The SMILES string of the molecule is C[C@H](CO)[N+](C)(C)c1ccccc1OB(Oc1ccccc1)Oc1ccccc1.[c-]1ccccc1. The van der Waals surface area contributed by atoms with Crippen molar-refractivity contribution < 1.29 is 19.1 Å². The summed E-state index contributed by atoms with van der Waals surface area (Å²) in [6.45, 7) is 2.06. The summed E-state index contributed by atoms with van der Waals surface area (Å²) in [5.41, 5.74) is 0.923. The van der Waals surface area contributed by atoms with Crippen LogP contribution in [0, 0.1) is 6.07 Å². The van der Waals surface area contributed by atoms with Gasteiger partial charge < -0.3 is 19.1 Å². The van der Waals surface area contributed by atoms with Gasteiger partial charge in [0, 0.05) is 6.07 Å². The summed E-state index contributed by atoms with van der Waals surface area (Å²) in [5.74, 6) is 1.92. The zero-order valence-corrected chi connectivity index (χ0v) is 20.5. The lowest BCUT2D eigenvalue weighted by atomic mass is 10.1. The Balaban J connectivity index is 0.000000497. The minimum atomic E-state index is -0.981. The molecule has 0 bridgehead atoms. The second-order valence-corrected chi connectivity index (χ2v) is 8.38. The maximum Gasteiger partial charge on any atom is 0.864 e. The van der Waals surface area contributed by atoms with Crippen LogP contribution in [-0.4, -0.2) is 39.2 Å². The zero-order chi connectivity index (χ0) is 24.9. The predicted octanol–water partition coefficient (Wildman–Crippen LogP) is 5.64. The topological polar surface area (TPSA) is 47.9 Å². The third-order valence-electron chi connectivity index (χ3n) is 5.63. The Morgan fingerprint density at radius 2 is 1.20 bits per heavy atom. The quantitative estimate of drug-likeness (QED) is 0.196. The van der Waals surface area contributed by atoms with Gasteiger partial charge in [-0.25, -0.2) is 0 Å². The zero-order valence-electron chi connectivity index (χ0n) is 20.5. The molecule has 0 heterocycles. The van der Waals surface area contributed by atoms with Crippen molar-refractivity contribution in [2.45, 2.75) is 13.0 Å². The Bertz CT molecular complexity index is 1040. The van der Waals surface area contributed by atoms with Crippen molar-refractivity contribution in [1.29, 1.82) is 0 Å². The van der Waals surface area contributed by atoms with Crippen LogP contribution in [0.15, 0.2) is 115 Å². The average molecular weight is 469 g/mol. The fraction of sp³-hybridized carbons (Fsp3) is 0.172. The molecule has 0 aliphatic carbocycles. The monoisotopic (exact) mass is 469 g/mol. The van der Waals surface area contributed by atoms with E-state index in [0.29, 0.717) is 21.7 Å². The molecule has 0 fully saturated rings. The molecule has 0 aliphatic heterocycles. The molecular formula is C29H32BNO4. The van der Waals surface area contributed by atoms with E-state index in [9.17, 15) is 5.11 Å². The smallest absolute Gasteiger partial charge is 0.490 e. The minimum Gasteiger partial charge on any atom is -0.490 e. The van der Waals surface area contributed by atoms with Crippen LogP contribution in [-0.2, 0) is 0 Å². The molecule has 180 valence electrons. The molecule has 4 aromatic rings. The molecule has 0 aromatic heterocycles. The summed E-state index contributed by atoms with van der Waals surface area (Å²) < 4.78 is 18.6. The number of quaternary nitrogens is 1. The highest BCUT2D eigenvalue weighted by atomic mass is 16.7. The van der Waals surface area contributed by atoms with Crippen molar-refractivity contribution >= 4 is 13.0 Å². The number of likely N-dealkylation sites (N-methyl/N-ethyl adjacent to an activating group) is 1. The molecule has 35 heavy (non-hydrogen) atoms. The summed E-state index contributed by atoms with van der Waals surface area (Å²) in [5, 5.41) is 9.69. The standard InChI is InChI=1S/C23H27BNO4.C6H5/c1-19(18-26)25(2,3)22-16-10-11-17-23(22)29-24(27-20-12-6-4-7-13-20)28-21-14-8-5-9-15-21;1-2-4-6-5-3-1/h4-17,19,26H,18H2,1-3H3;1-5H/q+1;-1/t19-;/m1./s1. The Labute approximate surface area is 208 Å². The number of benzene rings is 4. The molecule has 0 unspecified atom stereocenters. The van der Waals surface area contributed by atoms with Crippen LogP contribution in [0.1, 0.15) is 6.92 Å². The van der Waals surface area contributed by atoms with Crippen molar-refractivity contribution in [3.63, 3.8) is 0 Å². The minimum absolute atomic E-state index is 0.0108. The second kappa shape index (κ2) is 13.2. The van der Waals surface area contributed by atoms with E-state index in [1.165, 1.54) is 0 Å². The number of rotatable bonds is 9. The summed E-state index contributed by atoms with van der Waals surface area (Å²) in [4.78, 5) is 0. The predicted molar refractivity (Wildman–Crippen MR) is 142 cm³/mol. The summed E-state index contributed by atoms with van der Waals surface area (Å²) in [6, 6.07) is 39.1. The van der Waals surface area contributed by atoms with Crippen LogP contribution in [0.25, 0.3) is 0 Å². The molecule has 0 spiro atoms. The highest BCUT2D eigenvalue weighted by Crippen LogP contribution is 2.33. The van der Waals surface area contributed by atoms with Gasteiger partial charge in [0.05, 0.1) is 20.7 Å². The van der Waals surface area contributed by atoms with Gasteiger partial charge in [-0.1, -0.05) is 48.5 Å². The van der Waals surface area contributed by atoms with Gasteiger partial charge in [-0.05, 0) is 37.3 Å². The normalized spacial score (nSPS) is 11.4. The molecule has 0 radical (unpaired) electrons. The first kappa shape index (κ1) is 25.9. The van der Waals surface area contributed by atoms with Gasteiger partial charge in [0.2, 0.25) is 0 Å².